The Labute approximate surface area is 574 Å². The number of aliphatic hydroxyl groups excluding tert-OH is 1. The van der Waals surface area contributed by atoms with Gasteiger partial charge in [0.2, 0.25) is 76.8 Å². The molecule has 2 rings (SSSR count). The van der Waals surface area contributed by atoms with Crippen LogP contribution in [-0.4, -0.2) is 239 Å². The number of aromatic amines is 1. The van der Waals surface area contributed by atoms with Crippen LogP contribution in [0.15, 0.2) is 40.4 Å². The topological polar surface area (TPSA) is 644 Å². The highest BCUT2D eigenvalue weighted by molar-refractivity contribution is 7.98. The van der Waals surface area contributed by atoms with Crippen molar-refractivity contribution in [2.45, 2.75) is 147 Å². The number of guanidine groups is 2. The Balaban J connectivity index is 2.20. The van der Waals surface area contributed by atoms with E-state index in [0.29, 0.717) is 22.2 Å². The number of para-hydroxylation sites is 1. The molecule has 1 heterocycles. The fraction of sp³-hybridized carbons (Fsp3) is 0.576. The first kappa shape index (κ1) is 84.7. The van der Waals surface area contributed by atoms with E-state index in [-0.39, 0.29) is 63.5 Å². The molecule has 0 saturated carbocycles. The first-order valence-electron chi connectivity index (χ1n) is 31.4. The number of aliphatic carboxylic acids is 2. The molecule has 40 heteroatoms. The number of aromatic nitrogens is 1. The molecule has 10 atom stereocenters. The molecule has 27 N–H and O–H groups in total. The standard InChI is InChI=1S/C59H95N21O18S/c1-28(2)46(79-44(85)26-68-50(90)35(14-10-17-65-58(61)62)77-53(93)37(16-19-99-7)73-41(82)22-60)56(96)70-25-43(84)75-40(27-81)51(91)69-24-42(83)74-38(20-32-23-67-34-13-9-8-12-33(32)34)55(95)78-39(21-45(86)87)54(94)72-30(5)48(88)76-36(15-11-18-66-59(63)64)52(92)71-31(6)49(89)80-47(29(3)4)57(97)98/h8-9,12-13,23,28-31,35-40,46-47,67,81H,10-11,14-22,24-27,60H2,1-7H3,(H,68,90)(H,69,91)(H,70,96)(H,71,92)(H,72,94)(H,73,82)(H,74,83)(H,75,84)(H,76,88)(H,77,93)(H,78,95)(H,79,85)(H,80,89)(H,86,87)(H,97,98)(H4,61,62,65)(H4,63,64,66)/t30-,31-,35-,36-,37-,38-,39-,40-,46-,47-/m0/s1. The third-order valence-corrected chi connectivity index (χ3v) is 15.1. The minimum atomic E-state index is -1.93. The number of H-pyrrole nitrogens is 1. The van der Waals surface area contributed by atoms with Gasteiger partial charge in [-0.25, -0.2) is 4.79 Å². The van der Waals surface area contributed by atoms with Gasteiger partial charge in [-0.2, -0.15) is 11.8 Å². The van der Waals surface area contributed by atoms with Crippen molar-refractivity contribution in [1.29, 1.82) is 0 Å². The van der Waals surface area contributed by atoms with Gasteiger partial charge < -0.3 is 118 Å². The number of carboxylic acids is 2. The number of fused-ring (bicyclic) bond motifs is 1. The van der Waals surface area contributed by atoms with Crippen LogP contribution in [-0.2, 0) is 78.3 Å². The minimum Gasteiger partial charge on any atom is -0.481 e. The van der Waals surface area contributed by atoms with Gasteiger partial charge in [-0.15, -0.1) is 0 Å². The molecule has 99 heavy (non-hydrogen) atoms. The summed E-state index contributed by atoms with van der Waals surface area (Å²) in [6.45, 7) is 4.88. The van der Waals surface area contributed by atoms with Crippen LogP contribution in [0.1, 0.15) is 85.6 Å². The lowest BCUT2D eigenvalue weighted by Gasteiger charge is -2.26. The minimum absolute atomic E-state index is 0.00804. The maximum absolute atomic E-state index is 14.2. The maximum atomic E-state index is 14.2. The number of carbonyl (C=O) groups is 15. The molecule has 0 aliphatic rings. The molecule has 0 bridgehead atoms. The van der Waals surface area contributed by atoms with Gasteiger partial charge in [0, 0.05) is 36.6 Å². The number of hydrogen-bond donors (Lipinski definition) is 22. The van der Waals surface area contributed by atoms with Crippen molar-refractivity contribution in [2.75, 3.05) is 57.9 Å². The highest BCUT2D eigenvalue weighted by Gasteiger charge is 2.35. The number of hydrogen-bond acceptors (Lipinski definition) is 20. The Bertz CT molecular complexity index is 3210. The SMILES string of the molecule is CSCC[C@H](NC(=O)CN)C(=O)N[C@@H](CCCN=C(N)N)C(=O)NCC(=O)N[C@H](C(=O)NCC(=O)N[C@@H](CO)C(=O)NCC(=O)N[C@@H](Cc1c[nH]c2ccccc12)C(=O)N[C@@H](CC(=O)O)C(=O)N[C@@H](C)C(=O)N[C@@H](CCCN=C(N)N)C(=O)N[C@@H](C)C(=O)N[C@H](C(=O)O)C(C)C)C(C)C. The van der Waals surface area contributed by atoms with E-state index < -0.39 is 200 Å². The maximum Gasteiger partial charge on any atom is 0.326 e. The van der Waals surface area contributed by atoms with Gasteiger partial charge in [0.1, 0.15) is 60.4 Å². The van der Waals surface area contributed by atoms with E-state index in [1.54, 1.807) is 58.2 Å². The zero-order valence-corrected chi connectivity index (χ0v) is 56.9. The molecule has 2 aromatic rings. The van der Waals surface area contributed by atoms with E-state index in [1.165, 1.54) is 31.8 Å². The van der Waals surface area contributed by atoms with Crippen LogP contribution in [0.3, 0.4) is 0 Å². The summed E-state index contributed by atoms with van der Waals surface area (Å²) in [4.78, 5) is 208. The Morgan fingerprint density at radius 2 is 0.929 bits per heavy atom. The number of benzene rings is 1. The Hall–Kier alpha value is -10.4. The predicted molar refractivity (Wildman–Crippen MR) is 360 cm³/mol. The van der Waals surface area contributed by atoms with Crippen molar-refractivity contribution >= 4 is 123 Å². The molecule has 13 amide bonds. The molecule has 550 valence electrons. The summed E-state index contributed by atoms with van der Waals surface area (Å²) in [5.74, 6) is -16.3. The number of nitrogens with one attached hydrogen (secondary N) is 14. The average Bonchev–Trinajstić information content (AvgIpc) is 1.71. The van der Waals surface area contributed by atoms with Crippen molar-refractivity contribution in [3.05, 3.63) is 36.0 Å². The lowest BCUT2D eigenvalue weighted by molar-refractivity contribution is -0.143. The van der Waals surface area contributed by atoms with Gasteiger partial charge in [0.05, 0.1) is 39.2 Å². The molecule has 0 saturated heterocycles. The fourth-order valence-corrected chi connectivity index (χ4v) is 9.58. The highest BCUT2D eigenvalue weighted by Crippen LogP contribution is 2.20. The second-order valence-corrected chi connectivity index (χ2v) is 24.2. The van der Waals surface area contributed by atoms with Crippen LogP contribution < -0.4 is 97.8 Å². The summed E-state index contributed by atoms with van der Waals surface area (Å²) in [5, 5.41) is 60.9. The Morgan fingerprint density at radius 3 is 1.43 bits per heavy atom. The summed E-state index contributed by atoms with van der Waals surface area (Å²) in [6.07, 6.45) is 2.27. The number of aliphatic hydroxyl groups is 1. The molecular weight excluding hydrogens is 1320 g/mol. The summed E-state index contributed by atoms with van der Waals surface area (Å²) < 4.78 is 0. The van der Waals surface area contributed by atoms with E-state index in [0.717, 1.165) is 0 Å². The largest absolute Gasteiger partial charge is 0.481 e. The Morgan fingerprint density at radius 1 is 0.495 bits per heavy atom. The molecule has 0 aliphatic carbocycles. The molecule has 0 unspecified atom stereocenters. The third kappa shape index (κ3) is 31.6. The normalized spacial score (nSPS) is 14.0. The molecule has 0 spiro atoms. The molecule has 1 aromatic heterocycles. The number of amides is 13. The molecular formula is C59H95N21O18S. The Kier molecular flexibility index (Phi) is 37.4. The van der Waals surface area contributed by atoms with Crippen LogP contribution in [0, 0.1) is 11.8 Å². The molecule has 0 fully saturated rings. The third-order valence-electron chi connectivity index (χ3n) is 14.5. The van der Waals surface area contributed by atoms with Crippen LogP contribution in [0.2, 0.25) is 0 Å². The van der Waals surface area contributed by atoms with E-state index in [2.05, 4.69) is 84.1 Å². The van der Waals surface area contributed by atoms with Crippen LogP contribution in [0.25, 0.3) is 10.9 Å². The molecule has 39 nitrogen and oxygen atoms in total. The van der Waals surface area contributed by atoms with E-state index in [9.17, 15) is 87.2 Å². The zero-order valence-electron chi connectivity index (χ0n) is 56.1. The van der Waals surface area contributed by atoms with Gasteiger partial charge >= 0.3 is 11.9 Å². The number of thioether (sulfide) groups is 1. The van der Waals surface area contributed by atoms with Crippen LogP contribution in [0.4, 0.5) is 0 Å². The van der Waals surface area contributed by atoms with Crippen molar-refractivity contribution in [3.8, 4) is 0 Å². The first-order valence-corrected chi connectivity index (χ1v) is 32.7. The number of carbonyl (C=O) groups excluding carboxylic acids is 13. The zero-order chi connectivity index (χ0) is 74.6. The first-order chi connectivity index (χ1) is 46.6. The monoisotopic (exact) mass is 1420 g/mol. The van der Waals surface area contributed by atoms with E-state index in [1.807, 2.05) is 0 Å². The molecule has 0 radical (unpaired) electrons. The lowest BCUT2D eigenvalue weighted by Crippen LogP contribution is -2.59. The van der Waals surface area contributed by atoms with E-state index >= 15 is 0 Å². The van der Waals surface area contributed by atoms with Crippen molar-refractivity contribution in [1.82, 2.24) is 74.1 Å². The van der Waals surface area contributed by atoms with Crippen LogP contribution >= 0.6 is 11.8 Å². The second kappa shape index (κ2) is 43.7. The average molecular weight is 1420 g/mol. The second-order valence-electron chi connectivity index (χ2n) is 23.2. The smallest absolute Gasteiger partial charge is 0.326 e. The fourth-order valence-electron chi connectivity index (χ4n) is 9.11. The van der Waals surface area contributed by atoms with Gasteiger partial charge in [-0.05, 0) is 81.4 Å². The quantitative estimate of drug-likeness (QED) is 0.0166. The van der Waals surface area contributed by atoms with Gasteiger partial charge in [-0.1, -0.05) is 45.9 Å². The number of nitrogens with two attached hydrogens (primary N) is 5. The van der Waals surface area contributed by atoms with Gasteiger partial charge in [-0.3, -0.25) is 77.1 Å². The highest BCUT2D eigenvalue weighted by atomic mass is 32.2. The van der Waals surface area contributed by atoms with Crippen molar-refractivity contribution < 1.29 is 87.2 Å². The van der Waals surface area contributed by atoms with Crippen LogP contribution in [0.5, 0.6) is 0 Å². The summed E-state index contributed by atoms with van der Waals surface area (Å²) in [5.41, 5.74) is 28.1. The van der Waals surface area contributed by atoms with E-state index in [4.69, 9.17) is 28.7 Å². The van der Waals surface area contributed by atoms with Gasteiger partial charge in [0.15, 0.2) is 11.9 Å². The van der Waals surface area contributed by atoms with Crippen molar-refractivity contribution in [3.63, 3.8) is 0 Å². The summed E-state index contributed by atoms with van der Waals surface area (Å²) in [7, 11) is 0. The number of carboxylic acid groups (broad SMARTS) is 2. The van der Waals surface area contributed by atoms with Crippen molar-refractivity contribution in [2.24, 2.45) is 50.5 Å². The number of aliphatic imine (C=N–C) groups is 2. The lowest BCUT2D eigenvalue weighted by atomic mass is 10.0. The summed E-state index contributed by atoms with van der Waals surface area (Å²) in [6, 6.07) is -7.68. The number of rotatable bonds is 45. The predicted octanol–water partition coefficient (Wildman–Crippen LogP) is -8.37. The summed E-state index contributed by atoms with van der Waals surface area (Å²) >= 11 is 1.41. The molecule has 1 aromatic carbocycles. The number of nitrogens with zero attached hydrogens (tertiary/aromatic N) is 2. The molecule has 0 aliphatic heterocycles. The van der Waals surface area contributed by atoms with Gasteiger partial charge in [0.25, 0.3) is 0 Å².